The van der Waals surface area contributed by atoms with E-state index in [-0.39, 0.29) is 24.7 Å². The van der Waals surface area contributed by atoms with Crippen molar-refractivity contribution in [3.05, 3.63) is 52.6 Å². The van der Waals surface area contributed by atoms with Crippen LogP contribution in [0.25, 0.3) is 0 Å². The number of carboxylic acid groups (broad SMARTS) is 1. The topological polar surface area (TPSA) is 249 Å². The van der Waals surface area contributed by atoms with Gasteiger partial charge >= 0.3 is 12.2 Å². The molecule has 8 N–H and O–H groups in total. The third-order valence-electron chi connectivity index (χ3n) is 8.56. The largest absolute Gasteiger partial charge is 0.495 e. The zero-order valence-corrected chi connectivity index (χ0v) is 30.9. The molecule has 3 fully saturated rings. The lowest BCUT2D eigenvalue weighted by Crippen LogP contribution is -2.64. The number of carboxylic acids is 1. The van der Waals surface area contributed by atoms with Gasteiger partial charge in [0.2, 0.25) is 5.91 Å². The summed E-state index contributed by atoms with van der Waals surface area (Å²) in [5, 5.41) is 43.6. The first-order valence-electron chi connectivity index (χ1n) is 16.8. The number of nitrogens with one attached hydrogen (secondary N) is 2. The predicted octanol–water partition coefficient (Wildman–Crippen LogP) is 2.34. The molecule has 0 bridgehead atoms. The van der Waals surface area contributed by atoms with Crippen molar-refractivity contribution in [2.45, 2.75) is 114 Å². The molecule has 0 aromatic heterocycles. The quantitative estimate of drug-likeness (QED) is 0.0817. The zero-order valence-electron chi connectivity index (χ0n) is 30.1. The van der Waals surface area contributed by atoms with E-state index in [0.717, 1.165) is 24.5 Å². The maximum atomic E-state index is 12.7. The van der Waals surface area contributed by atoms with Crippen LogP contribution in [0.15, 0.2) is 42.0 Å². The Bertz CT molecular complexity index is 1480. The number of methoxy groups -OCH3 is 1. The molecular weight excluding hydrogens is 718 g/mol. The molecule has 0 aliphatic carbocycles. The van der Waals surface area contributed by atoms with Gasteiger partial charge < -0.3 is 60.5 Å². The number of hydrogen-bond donors (Lipinski definition) is 7. The molecule has 3 aliphatic heterocycles. The Labute approximate surface area is 313 Å². The van der Waals surface area contributed by atoms with Gasteiger partial charge in [-0.3, -0.25) is 9.59 Å². The van der Waals surface area contributed by atoms with Gasteiger partial charge in [0.15, 0.2) is 12.3 Å². The molecule has 1 aromatic rings. The Morgan fingerprint density at radius 2 is 1.89 bits per heavy atom. The molecule has 16 nitrogen and oxygen atoms in total. The van der Waals surface area contributed by atoms with Gasteiger partial charge in [0, 0.05) is 32.2 Å². The first kappa shape index (κ1) is 44.8. The summed E-state index contributed by atoms with van der Waals surface area (Å²) in [6, 6.07) is 5.60. The number of primary amides is 1. The summed E-state index contributed by atoms with van der Waals surface area (Å²) in [7, 11) is 1.58. The number of carbonyl (C=O) groups is 4. The average Bonchev–Trinajstić information content (AvgIpc) is 3.74. The van der Waals surface area contributed by atoms with Crippen LogP contribution < -0.4 is 21.1 Å². The number of aliphatic hydroxyl groups excluding tert-OH is 3. The molecule has 3 saturated heterocycles. The van der Waals surface area contributed by atoms with Crippen molar-refractivity contribution in [3.8, 4) is 18.6 Å². The van der Waals surface area contributed by atoms with Crippen LogP contribution in [0.2, 0.25) is 5.02 Å². The third kappa shape index (κ3) is 14.5. The van der Waals surface area contributed by atoms with Crippen LogP contribution in [0.4, 0.5) is 9.59 Å². The number of carbonyl (C=O) groups excluding carboxylic acids is 3. The maximum Gasteiger partial charge on any atom is 0.407 e. The fourth-order valence-electron chi connectivity index (χ4n) is 5.87. The first-order chi connectivity index (χ1) is 25.0. The van der Waals surface area contributed by atoms with Crippen molar-refractivity contribution in [1.29, 1.82) is 0 Å². The van der Waals surface area contributed by atoms with Gasteiger partial charge in [0.1, 0.15) is 30.2 Å². The summed E-state index contributed by atoms with van der Waals surface area (Å²) >= 11 is 6.11. The number of terminal acetylenes is 1. The van der Waals surface area contributed by atoms with Crippen molar-refractivity contribution in [2.24, 2.45) is 5.73 Å². The van der Waals surface area contributed by atoms with Crippen LogP contribution in [0.1, 0.15) is 58.4 Å². The minimum atomic E-state index is -1.65. The highest BCUT2D eigenvalue weighted by atomic mass is 35.5. The fourth-order valence-corrected chi connectivity index (χ4v) is 6.07. The number of ether oxygens (including phenoxy) is 5. The number of benzene rings is 1. The lowest BCUT2D eigenvalue weighted by atomic mass is 9.94. The van der Waals surface area contributed by atoms with E-state index in [0.29, 0.717) is 36.5 Å². The van der Waals surface area contributed by atoms with Crippen LogP contribution in [0.5, 0.6) is 5.75 Å². The van der Waals surface area contributed by atoms with E-state index in [1.165, 1.54) is 0 Å². The first-order valence-corrected chi connectivity index (χ1v) is 17.1. The Morgan fingerprint density at radius 3 is 2.51 bits per heavy atom. The minimum absolute atomic E-state index is 0.0125. The van der Waals surface area contributed by atoms with E-state index in [2.05, 4.69) is 23.5 Å². The van der Waals surface area contributed by atoms with Gasteiger partial charge in [0.25, 0.3) is 5.97 Å². The Balaban J connectivity index is 0.00000151. The van der Waals surface area contributed by atoms with Crippen LogP contribution in [-0.4, -0.2) is 113 Å². The number of alkyl carbamates (subject to hydrolysis) is 1. The van der Waals surface area contributed by atoms with Crippen LogP contribution in [0, 0.1) is 12.8 Å². The highest BCUT2D eigenvalue weighted by Gasteiger charge is 2.53. The highest BCUT2D eigenvalue weighted by molar-refractivity contribution is 6.32. The van der Waals surface area contributed by atoms with E-state index >= 15 is 0 Å². The molecule has 4 rings (SSSR count). The number of aliphatic hydroxyl groups is 3. The number of cyclic esters (lactones) is 1. The molecule has 3 aliphatic rings. The average molecular weight is 768 g/mol. The van der Waals surface area contributed by atoms with E-state index in [1.54, 1.807) is 7.11 Å². The van der Waals surface area contributed by atoms with Crippen molar-refractivity contribution >= 4 is 35.7 Å². The number of nitrogens with two attached hydrogens (primary N) is 1. The fraction of sp³-hybridized carbons (Fsp3) is 0.556. The second kappa shape index (κ2) is 21.4. The van der Waals surface area contributed by atoms with E-state index in [1.807, 2.05) is 50.3 Å². The van der Waals surface area contributed by atoms with Gasteiger partial charge in [-0.25, -0.2) is 9.59 Å². The summed E-state index contributed by atoms with van der Waals surface area (Å²) in [6.07, 6.45) is 7.30. The van der Waals surface area contributed by atoms with E-state index in [9.17, 15) is 29.7 Å². The molecule has 294 valence electrons. The molecule has 17 heteroatoms. The molecule has 53 heavy (non-hydrogen) atoms. The number of allylic oxidation sites excluding steroid dienone is 3. The standard InChI is InChI=1S/C32H44ClN3O11.C2H4O2.C2H2/c1-17(12-18-8-9-21(33)22(13-18)43-3)6-4-5-7-19-14-20(44-31(42)35-19)15-24-32(2,47-24)11-10-25(38)36-29-27(40)26(39)28(46-30(34)41)23(16-37)45-29;1-2(3)4;1-2/h4-6,8-9,13,19-20,23-24,26-29,37,39-40H,7,10-12,14-16H2,1-3H3,(H2,34,41)(H,35,42)(H,36,38);1H3,(H,3,4);1-2H/b5-4+,17-6+;;/t19?,20?,23?,24-,26?,27?,28?,29?,32-;;/m0../s1. The van der Waals surface area contributed by atoms with Gasteiger partial charge in [-0.1, -0.05) is 41.5 Å². The van der Waals surface area contributed by atoms with Crippen molar-refractivity contribution in [3.63, 3.8) is 0 Å². The third-order valence-corrected chi connectivity index (χ3v) is 8.87. The number of epoxide rings is 1. The van der Waals surface area contributed by atoms with Gasteiger partial charge in [-0.2, -0.15) is 0 Å². The van der Waals surface area contributed by atoms with Gasteiger partial charge in [0.05, 0.1) is 30.4 Å². The summed E-state index contributed by atoms with van der Waals surface area (Å²) in [5.74, 6) is -0.681. The SMILES string of the molecule is C#C.CC(=O)O.COc1cc(C/C(C)=C/C=C/CC2CC(C[C@@H]3O[C@@]3(C)CCC(=O)NC3OC(CO)C(OC(N)=O)C(O)C3O)OC(=O)N2)ccc1Cl. The summed E-state index contributed by atoms with van der Waals surface area (Å²) in [4.78, 5) is 45.0. The highest BCUT2D eigenvalue weighted by Crippen LogP contribution is 2.44. The number of amides is 3. The second-order valence-electron chi connectivity index (χ2n) is 12.8. The Morgan fingerprint density at radius 1 is 1.21 bits per heavy atom. The molecule has 9 atom stereocenters. The number of halogens is 1. The Hall–Kier alpha value is -4.37. The number of hydrogen-bond acceptors (Lipinski definition) is 12. The molecule has 0 saturated carbocycles. The van der Waals surface area contributed by atoms with E-state index < -0.39 is 66.9 Å². The molecule has 7 unspecified atom stereocenters. The number of rotatable bonds is 14. The van der Waals surface area contributed by atoms with Gasteiger partial charge in [-0.05, 0) is 50.8 Å². The number of aliphatic carboxylic acids is 1. The lowest BCUT2D eigenvalue weighted by molar-refractivity contribution is -0.234. The monoisotopic (exact) mass is 767 g/mol. The van der Waals surface area contributed by atoms with Crippen molar-refractivity contribution in [2.75, 3.05) is 13.7 Å². The maximum absolute atomic E-state index is 12.7. The Kier molecular flexibility index (Phi) is 18.1. The summed E-state index contributed by atoms with van der Waals surface area (Å²) in [5.41, 5.74) is 6.61. The molecule has 0 radical (unpaired) electrons. The summed E-state index contributed by atoms with van der Waals surface area (Å²) < 4.78 is 26.9. The van der Waals surface area contributed by atoms with Crippen LogP contribution >= 0.6 is 11.6 Å². The van der Waals surface area contributed by atoms with Crippen molar-refractivity contribution in [1.82, 2.24) is 10.6 Å². The molecule has 3 amide bonds. The minimum Gasteiger partial charge on any atom is -0.495 e. The van der Waals surface area contributed by atoms with Gasteiger partial charge in [-0.15, -0.1) is 12.8 Å². The van der Waals surface area contributed by atoms with Crippen LogP contribution in [-0.2, 0) is 35.0 Å². The second-order valence-corrected chi connectivity index (χ2v) is 13.2. The van der Waals surface area contributed by atoms with Crippen LogP contribution in [0.3, 0.4) is 0 Å². The predicted molar refractivity (Wildman–Crippen MR) is 192 cm³/mol. The normalized spacial score (nSPS) is 29.2. The summed E-state index contributed by atoms with van der Waals surface area (Å²) in [6.45, 7) is 4.33. The zero-order chi connectivity index (χ0) is 39.9. The smallest absolute Gasteiger partial charge is 0.407 e. The molecular formula is C36H50ClN3O13. The lowest BCUT2D eigenvalue weighted by Gasteiger charge is -2.41. The molecule has 1 aromatic carbocycles. The van der Waals surface area contributed by atoms with E-state index in [4.69, 9.17) is 50.9 Å². The molecule has 3 heterocycles. The van der Waals surface area contributed by atoms with Crippen molar-refractivity contribution < 1.29 is 63.3 Å². The molecule has 0 spiro atoms.